The molecule has 6 nitrogen and oxygen atoms in total. The molecule has 0 radical (unpaired) electrons. The molecule has 0 saturated carbocycles. The highest BCUT2D eigenvalue weighted by atomic mass is 79.9. The molecule has 0 saturated heterocycles. The first kappa shape index (κ1) is 13.2. The first-order valence-electron chi connectivity index (χ1n) is 5.25. The van der Waals surface area contributed by atoms with Crippen molar-refractivity contribution in [2.24, 2.45) is 5.10 Å². The molecule has 0 aliphatic carbocycles. The van der Waals surface area contributed by atoms with Gasteiger partial charge in [0, 0.05) is 10.7 Å². The van der Waals surface area contributed by atoms with E-state index in [2.05, 4.69) is 31.4 Å². The van der Waals surface area contributed by atoms with E-state index in [1.165, 1.54) is 18.3 Å². The summed E-state index contributed by atoms with van der Waals surface area (Å²) in [7, 11) is 0. The molecule has 0 spiro atoms. The highest BCUT2D eigenvalue weighted by Gasteiger charge is 2.06. The predicted octanol–water partition coefficient (Wildman–Crippen LogP) is 1.95. The van der Waals surface area contributed by atoms with Crippen molar-refractivity contribution in [3.63, 3.8) is 0 Å². The summed E-state index contributed by atoms with van der Waals surface area (Å²) in [6, 6.07) is 5.84. The van der Waals surface area contributed by atoms with Crippen molar-refractivity contribution in [3.8, 4) is 11.5 Å². The molecular weight excluding hydrogens is 314 g/mol. The van der Waals surface area contributed by atoms with Crippen molar-refractivity contribution in [1.29, 1.82) is 0 Å². The van der Waals surface area contributed by atoms with Gasteiger partial charge >= 0.3 is 0 Å². The molecule has 19 heavy (non-hydrogen) atoms. The minimum atomic E-state index is -0.384. The van der Waals surface area contributed by atoms with Crippen molar-refractivity contribution >= 4 is 28.1 Å². The van der Waals surface area contributed by atoms with Crippen LogP contribution >= 0.6 is 15.9 Å². The molecule has 0 atom stereocenters. The number of hydrazone groups is 1. The minimum Gasteiger partial charge on any atom is -0.504 e. The number of carbonyl (C=O) groups excluding carboxylic acids is 1. The number of H-pyrrole nitrogens is 1. The molecule has 98 valence electrons. The fourth-order valence-corrected chi connectivity index (χ4v) is 1.69. The van der Waals surface area contributed by atoms with Crippen LogP contribution in [0.25, 0.3) is 0 Å². The van der Waals surface area contributed by atoms with Gasteiger partial charge in [-0.05, 0) is 45.8 Å². The Hall–Kier alpha value is -2.28. The maximum atomic E-state index is 11.6. The van der Waals surface area contributed by atoms with E-state index < -0.39 is 0 Å². The van der Waals surface area contributed by atoms with E-state index >= 15 is 0 Å². The zero-order valence-electron chi connectivity index (χ0n) is 9.59. The molecule has 0 bridgehead atoms. The van der Waals surface area contributed by atoms with Crippen molar-refractivity contribution < 1.29 is 15.0 Å². The molecule has 1 aromatic heterocycles. The van der Waals surface area contributed by atoms with Gasteiger partial charge in [0.15, 0.2) is 11.5 Å². The van der Waals surface area contributed by atoms with Crippen LogP contribution in [0.4, 0.5) is 0 Å². The van der Waals surface area contributed by atoms with E-state index in [0.29, 0.717) is 11.3 Å². The number of aromatic nitrogens is 1. The second-order valence-corrected chi connectivity index (χ2v) is 4.59. The summed E-state index contributed by atoms with van der Waals surface area (Å²) < 4.78 is 0.769. The number of nitrogens with one attached hydrogen (secondary N) is 2. The molecule has 7 heteroatoms. The van der Waals surface area contributed by atoms with Crippen LogP contribution in [-0.4, -0.2) is 27.3 Å². The van der Waals surface area contributed by atoms with Crippen LogP contribution in [0.15, 0.2) is 40.0 Å². The standard InChI is InChI=1S/C12H10BrN3O3/c13-8-4-9(14-6-8)12(19)16-15-5-7-1-2-10(17)11(18)3-7/h1-6,14,17-18H,(H,16,19)/b15-5+. The van der Waals surface area contributed by atoms with Crippen molar-refractivity contribution in [1.82, 2.24) is 10.4 Å². The Labute approximate surface area is 116 Å². The van der Waals surface area contributed by atoms with Crippen LogP contribution in [0, 0.1) is 0 Å². The lowest BCUT2D eigenvalue weighted by molar-refractivity contribution is 0.0951. The summed E-state index contributed by atoms with van der Waals surface area (Å²) in [6.45, 7) is 0. The van der Waals surface area contributed by atoms with E-state index in [0.717, 1.165) is 4.47 Å². The van der Waals surface area contributed by atoms with Crippen LogP contribution in [0.1, 0.15) is 16.1 Å². The zero-order valence-corrected chi connectivity index (χ0v) is 11.2. The Bertz CT molecular complexity index is 637. The summed E-state index contributed by atoms with van der Waals surface area (Å²) in [5.74, 6) is -0.842. The number of rotatable bonds is 3. The molecule has 0 unspecified atom stereocenters. The largest absolute Gasteiger partial charge is 0.504 e. The SMILES string of the molecule is O=C(N/N=C/c1ccc(O)c(O)c1)c1cc(Br)c[nH]1. The molecule has 1 amide bonds. The smallest absolute Gasteiger partial charge is 0.287 e. The van der Waals surface area contributed by atoms with E-state index in [-0.39, 0.29) is 17.4 Å². The summed E-state index contributed by atoms with van der Waals surface area (Å²) in [5.41, 5.74) is 3.25. The Morgan fingerprint density at radius 1 is 1.32 bits per heavy atom. The van der Waals surface area contributed by atoms with Crippen LogP contribution in [0.2, 0.25) is 0 Å². The van der Waals surface area contributed by atoms with Gasteiger partial charge in [-0.25, -0.2) is 5.43 Å². The summed E-state index contributed by atoms with van der Waals surface area (Å²) >= 11 is 3.22. The van der Waals surface area contributed by atoms with Crippen LogP contribution in [0.3, 0.4) is 0 Å². The monoisotopic (exact) mass is 323 g/mol. The molecule has 0 aliphatic heterocycles. The Morgan fingerprint density at radius 2 is 2.11 bits per heavy atom. The Kier molecular flexibility index (Phi) is 3.86. The van der Waals surface area contributed by atoms with Crippen LogP contribution in [0.5, 0.6) is 11.5 Å². The summed E-state index contributed by atoms with van der Waals surface area (Å²) in [4.78, 5) is 14.4. The average molecular weight is 324 g/mol. The molecule has 4 N–H and O–H groups in total. The predicted molar refractivity (Wildman–Crippen MR) is 73.3 cm³/mol. The fraction of sp³-hybridized carbons (Fsp3) is 0. The van der Waals surface area contributed by atoms with Gasteiger partial charge in [0.2, 0.25) is 0 Å². The third-order valence-corrected chi connectivity index (χ3v) is 2.73. The number of hydrogen-bond donors (Lipinski definition) is 4. The molecule has 2 aromatic rings. The molecular formula is C12H10BrN3O3. The second kappa shape index (κ2) is 5.57. The quantitative estimate of drug-likeness (QED) is 0.395. The highest BCUT2D eigenvalue weighted by molar-refractivity contribution is 9.10. The van der Waals surface area contributed by atoms with Gasteiger partial charge in [-0.2, -0.15) is 5.10 Å². The third-order valence-electron chi connectivity index (χ3n) is 2.27. The van der Waals surface area contributed by atoms with Crippen molar-refractivity contribution in [2.45, 2.75) is 0 Å². The molecule has 1 aromatic carbocycles. The first-order chi connectivity index (χ1) is 9.06. The number of aromatic amines is 1. The maximum Gasteiger partial charge on any atom is 0.287 e. The first-order valence-corrected chi connectivity index (χ1v) is 6.05. The van der Waals surface area contributed by atoms with Gasteiger partial charge < -0.3 is 15.2 Å². The Morgan fingerprint density at radius 3 is 2.74 bits per heavy atom. The summed E-state index contributed by atoms with van der Waals surface area (Å²) in [5, 5.41) is 22.2. The van der Waals surface area contributed by atoms with Crippen molar-refractivity contribution in [2.75, 3.05) is 0 Å². The van der Waals surface area contributed by atoms with Gasteiger partial charge in [-0.15, -0.1) is 0 Å². The number of amides is 1. The van der Waals surface area contributed by atoms with E-state index in [4.69, 9.17) is 5.11 Å². The maximum absolute atomic E-state index is 11.6. The zero-order chi connectivity index (χ0) is 13.8. The van der Waals surface area contributed by atoms with Gasteiger partial charge in [0.1, 0.15) is 5.69 Å². The molecule has 2 rings (SSSR count). The van der Waals surface area contributed by atoms with Crippen LogP contribution in [-0.2, 0) is 0 Å². The topological polar surface area (TPSA) is 97.7 Å². The number of benzene rings is 1. The lowest BCUT2D eigenvalue weighted by atomic mass is 10.2. The average Bonchev–Trinajstić information content (AvgIpc) is 2.80. The number of halogens is 1. The van der Waals surface area contributed by atoms with E-state index in [1.807, 2.05) is 0 Å². The number of nitrogens with zero attached hydrogens (tertiary/aromatic N) is 1. The minimum absolute atomic E-state index is 0.211. The Balaban J connectivity index is 2.00. The number of carbonyl (C=O) groups is 1. The molecule has 0 fully saturated rings. The fourth-order valence-electron chi connectivity index (χ4n) is 1.35. The van der Waals surface area contributed by atoms with Crippen molar-refractivity contribution in [3.05, 3.63) is 46.2 Å². The lowest BCUT2D eigenvalue weighted by Crippen LogP contribution is -2.17. The van der Waals surface area contributed by atoms with Gasteiger partial charge in [-0.3, -0.25) is 4.79 Å². The number of phenolic OH excluding ortho intramolecular Hbond substituents is 2. The van der Waals surface area contributed by atoms with Crippen LogP contribution < -0.4 is 5.43 Å². The second-order valence-electron chi connectivity index (χ2n) is 3.68. The normalized spacial score (nSPS) is 10.8. The van der Waals surface area contributed by atoms with Gasteiger partial charge in [0.05, 0.1) is 6.21 Å². The van der Waals surface area contributed by atoms with E-state index in [1.54, 1.807) is 18.3 Å². The number of phenols is 2. The third kappa shape index (κ3) is 3.35. The van der Waals surface area contributed by atoms with Gasteiger partial charge in [0.25, 0.3) is 5.91 Å². The van der Waals surface area contributed by atoms with Gasteiger partial charge in [-0.1, -0.05) is 0 Å². The highest BCUT2D eigenvalue weighted by Crippen LogP contribution is 2.23. The number of hydrogen-bond acceptors (Lipinski definition) is 4. The lowest BCUT2D eigenvalue weighted by Gasteiger charge is -1.99. The molecule has 1 heterocycles. The molecule has 0 aliphatic rings. The van der Waals surface area contributed by atoms with E-state index in [9.17, 15) is 9.90 Å². The number of aromatic hydroxyl groups is 2. The summed E-state index contributed by atoms with van der Waals surface area (Å²) in [6.07, 6.45) is 2.99.